The third kappa shape index (κ3) is 3.37. The number of nitrogens with zero attached hydrogens (tertiary/aromatic N) is 2. The number of carboxylic acid groups (broad SMARTS) is 1. The number of benzene rings is 1. The van der Waals surface area contributed by atoms with Gasteiger partial charge in [-0.2, -0.15) is 0 Å². The molecule has 0 radical (unpaired) electrons. The maximum absolute atomic E-state index is 11.4. The minimum Gasteiger partial charge on any atom is -0.496 e. The Morgan fingerprint density at radius 3 is 3.09 bits per heavy atom. The molecule has 23 heavy (non-hydrogen) atoms. The molecule has 1 N–H and O–H groups in total. The average Bonchev–Trinajstić information content (AvgIpc) is 3.23. The van der Waals surface area contributed by atoms with Crippen LogP contribution in [0.25, 0.3) is 11.4 Å². The zero-order chi connectivity index (χ0) is 16.2. The summed E-state index contributed by atoms with van der Waals surface area (Å²) in [5.41, 5.74) is 0.916. The minimum absolute atomic E-state index is 0.142. The van der Waals surface area contributed by atoms with Crippen molar-refractivity contribution in [2.24, 2.45) is 5.92 Å². The lowest BCUT2D eigenvalue weighted by molar-refractivity contribution is 0.0693. The number of imidazole rings is 1. The van der Waals surface area contributed by atoms with E-state index in [9.17, 15) is 9.90 Å². The van der Waals surface area contributed by atoms with Crippen LogP contribution in [0.2, 0.25) is 0 Å². The number of hydrogen-bond acceptors (Lipinski definition) is 4. The Morgan fingerprint density at radius 2 is 2.39 bits per heavy atom. The van der Waals surface area contributed by atoms with Crippen LogP contribution in [0, 0.1) is 5.92 Å². The topological polar surface area (TPSA) is 73.6 Å². The summed E-state index contributed by atoms with van der Waals surface area (Å²) in [4.78, 5) is 15.8. The van der Waals surface area contributed by atoms with Crippen molar-refractivity contribution in [2.45, 2.75) is 19.4 Å². The summed E-state index contributed by atoms with van der Waals surface area (Å²) in [5, 5.41) is 9.31. The van der Waals surface area contributed by atoms with Gasteiger partial charge in [-0.25, -0.2) is 9.78 Å². The van der Waals surface area contributed by atoms with E-state index in [4.69, 9.17) is 9.47 Å². The third-order valence-corrected chi connectivity index (χ3v) is 4.21. The molecule has 3 rings (SSSR count). The summed E-state index contributed by atoms with van der Waals surface area (Å²) < 4.78 is 12.6. The van der Waals surface area contributed by atoms with Crippen LogP contribution in [0.4, 0.5) is 0 Å². The number of methoxy groups -OCH3 is 1. The zero-order valence-corrected chi connectivity index (χ0v) is 13.1. The van der Waals surface area contributed by atoms with E-state index in [1.807, 2.05) is 12.3 Å². The molecule has 122 valence electrons. The summed E-state index contributed by atoms with van der Waals surface area (Å²) >= 11 is 0. The van der Waals surface area contributed by atoms with Crippen molar-refractivity contribution in [1.82, 2.24) is 9.55 Å². The van der Waals surface area contributed by atoms with Crippen molar-refractivity contribution in [3.8, 4) is 17.1 Å². The van der Waals surface area contributed by atoms with E-state index >= 15 is 0 Å². The van der Waals surface area contributed by atoms with Gasteiger partial charge in [0, 0.05) is 37.7 Å². The molecule has 2 heterocycles. The first-order chi connectivity index (χ1) is 11.2. The Kier molecular flexibility index (Phi) is 4.62. The molecule has 6 heteroatoms. The van der Waals surface area contributed by atoms with Crippen molar-refractivity contribution >= 4 is 5.97 Å². The molecule has 1 aliphatic heterocycles. The lowest BCUT2D eigenvalue weighted by Gasteiger charge is -2.12. The van der Waals surface area contributed by atoms with E-state index in [-0.39, 0.29) is 5.56 Å². The van der Waals surface area contributed by atoms with Crippen LogP contribution in [0.5, 0.6) is 5.75 Å². The SMILES string of the molecule is COc1ccc(-c2nccn2CC[C@@H]2CCOC2)cc1C(=O)O. The molecule has 0 spiro atoms. The van der Waals surface area contributed by atoms with Gasteiger partial charge in [0.1, 0.15) is 17.1 Å². The second-order valence-corrected chi connectivity index (χ2v) is 5.68. The molecule has 1 aromatic carbocycles. The molecule has 1 atom stereocenters. The molecule has 2 aromatic rings. The fraction of sp³-hybridized carbons (Fsp3) is 0.412. The van der Waals surface area contributed by atoms with Gasteiger partial charge in [0.15, 0.2) is 0 Å². The smallest absolute Gasteiger partial charge is 0.339 e. The van der Waals surface area contributed by atoms with Crippen molar-refractivity contribution in [2.75, 3.05) is 20.3 Å². The van der Waals surface area contributed by atoms with Gasteiger partial charge in [0.25, 0.3) is 0 Å². The molecule has 0 aliphatic carbocycles. The molecular weight excluding hydrogens is 296 g/mol. The van der Waals surface area contributed by atoms with Gasteiger partial charge in [-0.1, -0.05) is 0 Å². The van der Waals surface area contributed by atoms with E-state index in [1.165, 1.54) is 7.11 Å². The molecular formula is C17H20N2O4. The van der Waals surface area contributed by atoms with Crippen molar-refractivity contribution in [3.05, 3.63) is 36.2 Å². The number of carbonyl (C=O) groups is 1. The lowest BCUT2D eigenvalue weighted by Crippen LogP contribution is -2.07. The predicted molar refractivity (Wildman–Crippen MR) is 84.7 cm³/mol. The highest BCUT2D eigenvalue weighted by atomic mass is 16.5. The van der Waals surface area contributed by atoms with E-state index in [0.29, 0.717) is 11.7 Å². The Labute approximate surface area is 134 Å². The zero-order valence-electron chi connectivity index (χ0n) is 13.1. The summed E-state index contributed by atoms with van der Waals surface area (Å²) in [6.45, 7) is 2.52. The van der Waals surface area contributed by atoms with Gasteiger partial charge < -0.3 is 19.1 Å². The van der Waals surface area contributed by atoms with Crippen LogP contribution >= 0.6 is 0 Å². The maximum Gasteiger partial charge on any atom is 0.339 e. The van der Waals surface area contributed by atoms with Gasteiger partial charge >= 0.3 is 5.97 Å². The van der Waals surface area contributed by atoms with Crippen LogP contribution in [-0.2, 0) is 11.3 Å². The highest BCUT2D eigenvalue weighted by Crippen LogP contribution is 2.26. The predicted octanol–water partition coefficient (Wildman–Crippen LogP) is 2.68. The number of rotatable bonds is 6. The van der Waals surface area contributed by atoms with Crippen LogP contribution in [-0.4, -0.2) is 41.0 Å². The largest absolute Gasteiger partial charge is 0.496 e. The first-order valence-electron chi connectivity index (χ1n) is 7.69. The number of ether oxygens (including phenoxy) is 2. The first-order valence-corrected chi connectivity index (χ1v) is 7.69. The van der Waals surface area contributed by atoms with Crippen molar-refractivity contribution < 1.29 is 19.4 Å². The maximum atomic E-state index is 11.4. The van der Waals surface area contributed by atoms with Crippen molar-refractivity contribution in [3.63, 3.8) is 0 Å². The molecule has 0 unspecified atom stereocenters. The Hall–Kier alpha value is -2.34. The van der Waals surface area contributed by atoms with Crippen LogP contribution < -0.4 is 4.74 Å². The Morgan fingerprint density at radius 1 is 1.52 bits per heavy atom. The fourth-order valence-electron chi connectivity index (χ4n) is 2.90. The summed E-state index contributed by atoms with van der Waals surface area (Å²) in [6.07, 6.45) is 5.81. The molecule has 6 nitrogen and oxygen atoms in total. The van der Waals surface area contributed by atoms with Crippen LogP contribution in [0.1, 0.15) is 23.2 Å². The van der Waals surface area contributed by atoms with Crippen LogP contribution in [0.3, 0.4) is 0 Å². The normalized spacial score (nSPS) is 17.3. The number of carboxylic acids is 1. The fourth-order valence-corrected chi connectivity index (χ4v) is 2.90. The number of aryl methyl sites for hydroxylation is 1. The van der Waals surface area contributed by atoms with Gasteiger partial charge in [-0.15, -0.1) is 0 Å². The molecule has 0 saturated carbocycles. The minimum atomic E-state index is -1.01. The monoisotopic (exact) mass is 316 g/mol. The van der Waals surface area contributed by atoms with Gasteiger partial charge in [0.05, 0.1) is 7.11 Å². The highest BCUT2D eigenvalue weighted by molar-refractivity contribution is 5.92. The Bertz CT molecular complexity index is 690. The van der Waals surface area contributed by atoms with E-state index in [1.54, 1.807) is 18.3 Å². The summed E-state index contributed by atoms with van der Waals surface area (Å²) in [6, 6.07) is 5.12. The van der Waals surface area contributed by atoms with Crippen LogP contribution in [0.15, 0.2) is 30.6 Å². The molecule has 1 aliphatic rings. The second kappa shape index (κ2) is 6.83. The van der Waals surface area contributed by atoms with Gasteiger partial charge in [-0.3, -0.25) is 0 Å². The highest BCUT2D eigenvalue weighted by Gasteiger charge is 2.17. The quantitative estimate of drug-likeness (QED) is 0.887. The second-order valence-electron chi connectivity index (χ2n) is 5.68. The number of aromatic carboxylic acids is 1. The third-order valence-electron chi connectivity index (χ3n) is 4.21. The molecule has 1 saturated heterocycles. The number of aromatic nitrogens is 2. The Balaban J connectivity index is 1.83. The van der Waals surface area contributed by atoms with E-state index in [2.05, 4.69) is 9.55 Å². The number of hydrogen-bond donors (Lipinski definition) is 1. The van der Waals surface area contributed by atoms with E-state index in [0.717, 1.165) is 44.0 Å². The van der Waals surface area contributed by atoms with Crippen molar-refractivity contribution in [1.29, 1.82) is 0 Å². The standard InChI is InChI=1S/C17H20N2O4/c1-22-15-3-2-13(10-14(15)17(20)21)16-18-6-8-19(16)7-4-12-5-9-23-11-12/h2-3,6,8,10,12H,4-5,7,9,11H2,1H3,(H,20,21)/t12-/m1/s1. The lowest BCUT2D eigenvalue weighted by atomic mass is 10.1. The van der Waals surface area contributed by atoms with E-state index < -0.39 is 5.97 Å². The first kappa shape index (κ1) is 15.6. The van der Waals surface area contributed by atoms with Gasteiger partial charge in [0.2, 0.25) is 0 Å². The molecule has 0 amide bonds. The summed E-state index contributed by atoms with van der Waals surface area (Å²) in [5.74, 6) is 0.706. The molecule has 1 aromatic heterocycles. The molecule has 0 bridgehead atoms. The summed E-state index contributed by atoms with van der Waals surface area (Å²) in [7, 11) is 1.46. The van der Waals surface area contributed by atoms with Gasteiger partial charge in [-0.05, 0) is 37.0 Å². The average molecular weight is 316 g/mol. The molecule has 1 fully saturated rings.